The highest BCUT2D eigenvalue weighted by atomic mass is 79.9. The molecule has 1 aromatic heterocycles. The van der Waals surface area contributed by atoms with E-state index in [4.69, 9.17) is 0 Å². The molecule has 2 nitrogen and oxygen atoms in total. The standard InChI is InChI=1S/C10H13Br2NOS/c1-6(2)8(5-11)13-10(14)9-7(12)3-4-15-9/h3-4,6,8H,5H2,1-2H3,(H,13,14). The second kappa shape index (κ2) is 6.01. The number of rotatable bonds is 4. The number of halogens is 2. The number of hydrogen-bond acceptors (Lipinski definition) is 2. The van der Waals surface area contributed by atoms with Crippen molar-refractivity contribution < 1.29 is 4.79 Å². The van der Waals surface area contributed by atoms with Gasteiger partial charge in [-0.2, -0.15) is 0 Å². The monoisotopic (exact) mass is 353 g/mol. The molecule has 1 N–H and O–H groups in total. The number of carbonyl (C=O) groups is 1. The van der Waals surface area contributed by atoms with Crippen LogP contribution in [0.5, 0.6) is 0 Å². The van der Waals surface area contributed by atoms with Gasteiger partial charge in [0.05, 0.1) is 0 Å². The Labute approximate surface area is 111 Å². The minimum atomic E-state index is -0.00461. The fraction of sp³-hybridized carbons (Fsp3) is 0.500. The van der Waals surface area contributed by atoms with Crippen LogP contribution in [-0.4, -0.2) is 17.3 Å². The fourth-order valence-corrected chi connectivity index (χ4v) is 3.44. The third-order valence-corrected chi connectivity index (χ3v) is 4.64. The van der Waals surface area contributed by atoms with Gasteiger partial charge in [-0.15, -0.1) is 11.3 Å². The molecule has 84 valence electrons. The van der Waals surface area contributed by atoms with Crippen molar-refractivity contribution in [1.29, 1.82) is 0 Å². The predicted molar refractivity (Wildman–Crippen MR) is 71.9 cm³/mol. The van der Waals surface area contributed by atoms with Gasteiger partial charge in [0.25, 0.3) is 5.91 Å². The van der Waals surface area contributed by atoms with Crippen molar-refractivity contribution in [2.75, 3.05) is 5.33 Å². The van der Waals surface area contributed by atoms with Crippen LogP contribution in [-0.2, 0) is 0 Å². The van der Waals surface area contributed by atoms with Gasteiger partial charge in [-0.1, -0.05) is 29.8 Å². The lowest BCUT2D eigenvalue weighted by atomic mass is 10.1. The van der Waals surface area contributed by atoms with Gasteiger partial charge < -0.3 is 5.32 Å². The van der Waals surface area contributed by atoms with Crippen LogP contribution in [0.3, 0.4) is 0 Å². The number of hydrogen-bond donors (Lipinski definition) is 1. The van der Waals surface area contributed by atoms with Crippen LogP contribution in [0.2, 0.25) is 0 Å². The highest BCUT2D eigenvalue weighted by molar-refractivity contribution is 9.10. The molecule has 0 aromatic carbocycles. The molecule has 0 aliphatic rings. The zero-order chi connectivity index (χ0) is 11.4. The topological polar surface area (TPSA) is 29.1 Å². The van der Waals surface area contributed by atoms with E-state index >= 15 is 0 Å². The first-order valence-electron chi connectivity index (χ1n) is 4.66. The van der Waals surface area contributed by atoms with Crippen molar-refractivity contribution in [3.05, 3.63) is 20.8 Å². The molecular weight excluding hydrogens is 342 g/mol. The summed E-state index contributed by atoms with van der Waals surface area (Å²) in [6.45, 7) is 4.19. The molecule has 0 spiro atoms. The number of alkyl halides is 1. The van der Waals surface area contributed by atoms with E-state index in [1.54, 1.807) is 0 Å². The van der Waals surface area contributed by atoms with E-state index in [2.05, 4.69) is 51.0 Å². The maximum absolute atomic E-state index is 11.8. The Morgan fingerprint density at radius 2 is 2.27 bits per heavy atom. The van der Waals surface area contributed by atoms with Gasteiger partial charge in [-0.05, 0) is 33.3 Å². The Bertz CT molecular complexity index is 338. The molecule has 5 heteroatoms. The van der Waals surface area contributed by atoms with Crippen LogP contribution in [0.25, 0.3) is 0 Å². The maximum Gasteiger partial charge on any atom is 0.262 e. The van der Waals surface area contributed by atoms with E-state index in [1.807, 2.05) is 11.4 Å². The van der Waals surface area contributed by atoms with Crippen LogP contribution < -0.4 is 5.32 Å². The lowest BCUT2D eigenvalue weighted by Gasteiger charge is -2.19. The number of carbonyl (C=O) groups excluding carboxylic acids is 1. The van der Waals surface area contributed by atoms with Gasteiger partial charge in [0.15, 0.2) is 0 Å². The number of nitrogens with one attached hydrogen (secondary N) is 1. The summed E-state index contributed by atoms with van der Waals surface area (Å²) in [4.78, 5) is 12.6. The SMILES string of the molecule is CC(C)C(CBr)NC(=O)c1sccc1Br. The summed E-state index contributed by atoms with van der Waals surface area (Å²) >= 11 is 8.20. The van der Waals surface area contributed by atoms with Crippen molar-refractivity contribution in [2.45, 2.75) is 19.9 Å². The molecule has 0 aliphatic heterocycles. The normalized spacial score (nSPS) is 12.9. The van der Waals surface area contributed by atoms with E-state index in [-0.39, 0.29) is 11.9 Å². The largest absolute Gasteiger partial charge is 0.347 e. The first-order valence-corrected chi connectivity index (χ1v) is 7.45. The molecule has 1 aromatic rings. The molecule has 1 atom stereocenters. The predicted octanol–water partition coefficient (Wildman–Crippen LogP) is 3.66. The number of thiophene rings is 1. The van der Waals surface area contributed by atoms with E-state index < -0.39 is 0 Å². The summed E-state index contributed by atoms with van der Waals surface area (Å²) < 4.78 is 0.863. The van der Waals surface area contributed by atoms with Gasteiger partial charge in [-0.25, -0.2) is 0 Å². The Morgan fingerprint density at radius 1 is 1.60 bits per heavy atom. The lowest BCUT2D eigenvalue weighted by molar-refractivity contribution is 0.0935. The van der Waals surface area contributed by atoms with E-state index in [0.29, 0.717) is 5.92 Å². The summed E-state index contributed by atoms with van der Waals surface area (Å²) in [6.07, 6.45) is 0. The van der Waals surface area contributed by atoms with Crippen LogP contribution in [0.4, 0.5) is 0 Å². The van der Waals surface area contributed by atoms with Gasteiger partial charge in [0, 0.05) is 15.8 Å². The minimum Gasteiger partial charge on any atom is -0.347 e. The first kappa shape index (κ1) is 13.2. The third kappa shape index (κ3) is 3.57. The van der Waals surface area contributed by atoms with Crippen LogP contribution in [0.15, 0.2) is 15.9 Å². The zero-order valence-corrected chi connectivity index (χ0v) is 12.6. The van der Waals surface area contributed by atoms with Crippen LogP contribution in [0, 0.1) is 5.92 Å². The summed E-state index contributed by atoms with van der Waals surface area (Å²) in [5.74, 6) is 0.419. The van der Waals surface area contributed by atoms with Gasteiger partial charge in [0.2, 0.25) is 0 Å². The Hall–Kier alpha value is 0.130. The molecule has 1 rings (SSSR count). The van der Waals surface area contributed by atoms with Gasteiger partial charge in [-0.3, -0.25) is 4.79 Å². The zero-order valence-electron chi connectivity index (χ0n) is 8.59. The van der Waals surface area contributed by atoms with Gasteiger partial charge >= 0.3 is 0 Å². The first-order chi connectivity index (χ1) is 7.06. The molecule has 15 heavy (non-hydrogen) atoms. The fourth-order valence-electron chi connectivity index (χ4n) is 1.07. The Kier molecular flexibility index (Phi) is 5.29. The van der Waals surface area contributed by atoms with Crippen LogP contribution in [0.1, 0.15) is 23.5 Å². The molecule has 0 radical (unpaired) electrons. The molecule has 0 aliphatic carbocycles. The average Bonchev–Trinajstić information content (AvgIpc) is 2.60. The molecule has 1 amide bonds. The second-order valence-electron chi connectivity index (χ2n) is 3.58. The number of amides is 1. The molecular formula is C10H13Br2NOS. The lowest BCUT2D eigenvalue weighted by Crippen LogP contribution is -2.39. The maximum atomic E-state index is 11.8. The summed E-state index contributed by atoms with van der Waals surface area (Å²) in [6, 6.07) is 2.06. The van der Waals surface area contributed by atoms with Crippen molar-refractivity contribution in [3.63, 3.8) is 0 Å². The highest BCUT2D eigenvalue weighted by Crippen LogP contribution is 2.22. The molecule has 1 heterocycles. The second-order valence-corrected chi connectivity index (χ2v) is 5.99. The smallest absolute Gasteiger partial charge is 0.262 e. The van der Waals surface area contributed by atoms with Gasteiger partial charge in [0.1, 0.15) is 4.88 Å². The Morgan fingerprint density at radius 3 is 2.67 bits per heavy atom. The van der Waals surface area contributed by atoms with Crippen molar-refractivity contribution in [3.8, 4) is 0 Å². The molecule has 0 saturated heterocycles. The molecule has 0 bridgehead atoms. The highest BCUT2D eigenvalue weighted by Gasteiger charge is 2.18. The Balaban J connectivity index is 2.67. The third-order valence-electron chi connectivity index (χ3n) is 2.11. The summed E-state index contributed by atoms with van der Waals surface area (Å²) in [5, 5.41) is 5.68. The van der Waals surface area contributed by atoms with Crippen molar-refractivity contribution in [2.24, 2.45) is 5.92 Å². The van der Waals surface area contributed by atoms with Crippen molar-refractivity contribution >= 4 is 49.1 Å². The summed E-state index contributed by atoms with van der Waals surface area (Å²) in [5.41, 5.74) is 0. The van der Waals surface area contributed by atoms with E-state index in [9.17, 15) is 4.79 Å². The molecule has 0 fully saturated rings. The molecule has 0 saturated carbocycles. The summed E-state index contributed by atoms with van der Waals surface area (Å²) in [7, 11) is 0. The van der Waals surface area contributed by atoms with Crippen molar-refractivity contribution in [1.82, 2.24) is 5.32 Å². The van der Waals surface area contributed by atoms with Crippen LogP contribution >= 0.6 is 43.2 Å². The average molecular weight is 355 g/mol. The van der Waals surface area contributed by atoms with E-state index in [0.717, 1.165) is 14.7 Å². The quantitative estimate of drug-likeness (QED) is 0.821. The van der Waals surface area contributed by atoms with E-state index in [1.165, 1.54) is 11.3 Å². The minimum absolute atomic E-state index is 0.00461. The molecule has 1 unspecified atom stereocenters.